The van der Waals surface area contributed by atoms with E-state index in [1.165, 1.54) is 25.7 Å². The molecule has 0 saturated carbocycles. The van der Waals surface area contributed by atoms with Gasteiger partial charge in [0.1, 0.15) is 17.5 Å². The molecule has 1 aromatic heterocycles. The van der Waals surface area contributed by atoms with Crippen molar-refractivity contribution < 1.29 is 0 Å². The minimum absolute atomic E-state index is 0.605. The van der Waals surface area contributed by atoms with Crippen molar-refractivity contribution in [3.63, 3.8) is 0 Å². The van der Waals surface area contributed by atoms with Crippen molar-refractivity contribution in [3.8, 4) is 0 Å². The number of para-hydroxylation sites is 1. The van der Waals surface area contributed by atoms with Crippen molar-refractivity contribution in [1.82, 2.24) is 9.97 Å². The maximum Gasteiger partial charge on any atom is 0.138 e. The van der Waals surface area contributed by atoms with Gasteiger partial charge in [0.25, 0.3) is 0 Å². The largest absolute Gasteiger partial charge is 0.353 e. The van der Waals surface area contributed by atoms with E-state index in [-0.39, 0.29) is 0 Å². The highest BCUT2D eigenvalue weighted by Gasteiger charge is 2.23. The summed E-state index contributed by atoms with van der Waals surface area (Å²) in [4.78, 5) is 14.0. The molecule has 23 heavy (non-hydrogen) atoms. The molecule has 0 aliphatic carbocycles. The molecule has 1 atom stereocenters. The molecule has 1 saturated heterocycles. The van der Waals surface area contributed by atoms with Gasteiger partial charge >= 0.3 is 0 Å². The summed E-state index contributed by atoms with van der Waals surface area (Å²) in [5, 5.41) is 0. The van der Waals surface area contributed by atoms with Crippen LogP contribution in [-0.4, -0.2) is 29.6 Å². The molecule has 1 aliphatic rings. The fourth-order valence-corrected chi connectivity index (χ4v) is 3.37. The van der Waals surface area contributed by atoms with Gasteiger partial charge in [-0.05, 0) is 44.7 Å². The second kappa shape index (κ2) is 6.99. The Morgan fingerprint density at radius 2 is 1.96 bits per heavy atom. The van der Waals surface area contributed by atoms with Gasteiger partial charge in [-0.25, -0.2) is 9.97 Å². The summed E-state index contributed by atoms with van der Waals surface area (Å²) in [6.07, 6.45) is 5.02. The number of piperidine rings is 1. The van der Waals surface area contributed by atoms with Crippen molar-refractivity contribution in [1.29, 1.82) is 0 Å². The van der Waals surface area contributed by atoms with E-state index in [0.29, 0.717) is 6.04 Å². The molecular weight excluding hydrogens is 284 g/mol. The number of aromatic nitrogens is 2. The molecule has 1 fully saturated rings. The quantitative estimate of drug-likeness (QED) is 0.842. The minimum Gasteiger partial charge on any atom is -0.353 e. The summed E-state index contributed by atoms with van der Waals surface area (Å²) in [5.41, 5.74) is 1.14. The van der Waals surface area contributed by atoms with Crippen molar-refractivity contribution in [2.75, 3.05) is 23.4 Å². The molecule has 0 radical (unpaired) electrons. The lowest BCUT2D eigenvalue weighted by Gasteiger charge is -2.36. The molecule has 2 aromatic rings. The van der Waals surface area contributed by atoms with Crippen molar-refractivity contribution in [3.05, 3.63) is 42.2 Å². The zero-order valence-corrected chi connectivity index (χ0v) is 14.4. The van der Waals surface area contributed by atoms with Crippen LogP contribution in [0.25, 0.3) is 0 Å². The monoisotopic (exact) mass is 310 g/mol. The Hall–Kier alpha value is -2.10. The van der Waals surface area contributed by atoms with Gasteiger partial charge in [-0.3, -0.25) is 0 Å². The highest BCUT2D eigenvalue weighted by molar-refractivity contribution is 5.62. The lowest BCUT2D eigenvalue weighted by molar-refractivity contribution is 0.446. The van der Waals surface area contributed by atoms with Crippen LogP contribution in [0.2, 0.25) is 0 Å². The van der Waals surface area contributed by atoms with Crippen LogP contribution in [0.15, 0.2) is 36.4 Å². The lowest BCUT2D eigenvalue weighted by Crippen LogP contribution is -2.39. The highest BCUT2D eigenvalue weighted by atomic mass is 15.2. The maximum absolute atomic E-state index is 4.72. The average Bonchev–Trinajstić information content (AvgIpc) is 2.61. The first kappa shape index (κ1) is 15.8. The van der Waals surface area contributed by atoms with Crippen LogP contribution >= 0.6 is 0 Å². The Balaban J connectivity index is 1.92. The van der Waals surface area contributed by atoms with Crippen LogP contribution in [0.3, 0.4) is 0 Å². The second-order valence-electron chi connectivity index (χ2n) is 6.28. The predicted molar refractivity (Wildman–Crippen MR) is 96.6 cm³/mol. The van der Waals surface area contributed by atoms with Gasteiger partial charge in [-0.2, -0.15) is 0 Å². The Morgan fingerprint density at radius 3 is 2.70 bits per heavy atom. The number of benzene rings is 1. The molecule has 4 nitrogen and oxygen atoms in total. The van der Waals surface area contributed by atoms with Crippen LogP contribution in [0.1, 0.15) is 38.4 Å². The Bertz CT molecular complexity index is 641. The van der Waals surface area contributed by atoms with Crippen molar-refractivity contribution in [2.45, 2.75) is 45.6 Å². The van der Waals surface area contributed by atoms with E-state index in [1.807, 2.05) is 13.0 Å². The molecule has 0 bridgehead atoms. The summed E-state index contributed by atoms with van der Waals surface area (Å²) >= 11 is 0. The molecular formula is C19H26N4. The van der Waals surface area contributed by atoms with Gasteiger partial charge in [0.05, 0.1) is 0 Å². The predicted octanol–water partition coefficient (Wildman–Crippen LogP) is 4.32. The molecule has 3 rings (SSSR count). The van der Waals surface area contributed by atoms with Gasteiger partial charge in [0, 0.05) is 31.4 Å². The van der Waals surface area contributed by atoms with E-state index in [4.69, 9.17) is 4.98 Å². The molecule has 0 amide bonds. The first-order valence-corrected chi connectivity index (χ1v) is 8.60. The van der Waals surface area contributed by atoms with E-state index < -0.39 is 0 Å². The molecule has 1 unspecified atom stereocenters. The second-order valence-corrected chi connectivity index (χ2v) is 6.28. The average molecular weight is 310 g/mol. The van der Waals surface area contributed by atoms with Crippen LogP contribution in [0, 0.1) is 6.92 Å². The molecule has 1 aliphatic heterocycles. The first-order chi connectivity index (χ1) is 11.2. The van der Waals surface area contributed by atoms with Gasteiger partial charge < -0.3 is 9.80 Å². The standard InChI is InChI=1S/C19H26N4/c1-4-16-10-8-9-13-23(16)19-14-18(20-15(2)21-19)22(3)17-11-6-5-7-12-17/h5-7,11-12,14,16H,4,8-10,13H2,1-3H3. The molecule has 0 spiro atoms. The number of aryl methyl sites for hydroxylation is 1. The third-order valence-electron chi connectivity index (χ3n) is 4.69. The van der Waals surface area contributed by atoms with Gasteiger partial charge in [0.15, 0.2) is 0 Å². The summed E-state index contributed by atoms with van der Waals surface area (Å²) in [7, 11) is 2.06. The summed E-state index contributed by atoms with van der Waals surface area (Å²) < 4.78 is 0. The lowest BCUT2D eigenvalue weighted by atomic mass is 10.00. The highest BCUT2D eigenvalue weighted by Crippen LogP contribution is 2.29. The number of rotatable bonds is 4. The summed E-state index contributed by atoms with van der Waals surface area (Å²) in [6.45, 7) is 5.36. The Labute approximate surface area is 139 Å². The van der Waals surface area contributed by atoms with Gasteiger partial charge in [0.2, 0.25) is 0 Å². The first-order valence-electron chi connectivity index (χ1n) is 8.60. The van der Waals surface area contributed by atoms with Crippen LogP contribution in [-0.2, 0) is 0 Å². The number of nitrogens with zero attached hydrogens (tertiary/aromatic N) is 4. The zero-order valence-electron chi connectivity index (χ0n) is 14.4. The molecule has 0 N–H and O–H groups in total. The summed E-state index contributed by atoms with van der Waals surface area (Å²) in [6, 6.07) is 13.1. The Morgan fingerprint density at radius 1 is 1.17 bits per heavy atom. The van der Waals surface area contributed by atoms with E-state index in [2.05, 4.69) is 59.1 Å². The molecule has 4 heteroatoms. The molecule has 122 valence electrons. The normalized spacial score (nSPS) is 18.0. The zero-order chi connectivity index (χ0) is 16.2. The SMILES string of the molecule is CCC1CCCCN1c1cc(N(C)c2ccccc2)nc(C)n1. The number of hydrogen-bond donors (Lipinski definition) is 0. The smallest absolute Gasteiger partial charge is 0.138 e. The van der Waals surface area contributed by atoms with Gasteiger partial charge in [-0.1, -0.05) is 25.1 Å². The van der Waals surface area contributed by atoms with Crippen LogP contribution in [0.4, 0.5) is 17.3 Å². The topological polar surface area (TPSA) is 32.3 Å². The van der Waals surface area contributed by atoms with E-state index in [0.717, 1.165) is 29.7 Å². The molecule has 1 aromatic carbocycles. The minimum atomic E-state index is 0.605. The number of hydrogen-bond acceptors (Lipinski definition) is 4. The van der Waals surface area contributed by atoms with Crippen LogP contribution in [0.5, 0.6) is 0 Å². The number of anilines is 3. The molecule has 2 heterocycles. The fourth-order valence-electron chi connectivity index (χ4n) is 3.37. The maximum atomic E-state index is 4.72. The van der Waals surface area contributed by atoms with Crippen molar-refractivity contribution >= 4 is 17.3 Å². The van der Waals surface area contributed by atoms with Gasteiger partial charge in [-0.15, -0.1) is 0 Å². The van der Waals surface area contributed by atoms with E-state index in [9.17, 15) is 0 Å². The van der Waals surface area contributed by atoms with E-state index in [1.54, 1.807) is 0 Å². The third kappa shape index (κ3) is 3.46. The third-order valence-corrected chi connectivity index (χ3v) is 4.69. The van der Waals surface area contributed by atoms with Crippen LogP contribution < -0.4 is 9.80 Å². The van der Waals surface area contributed by atoms with Crippen molar-refractivity contribution in [2.24, 2.45) is 0 Å². The summed E-state index contributed by atoms with van der Waals surface area (Å²) in [5.74, 6) is 2.86. The fraction of sp³-hybridized carbons (Fsp3) is 0.474. The Kier molecular flexibility index (Phi) is 4.79. The van der Waals surface area contributed by atoms with E-state index >= 15 is 0 Å².